The highest BCUT2D eigenvalue weighted by Crippen LogP contribution is 2.32. The van der Waals surface area contributed by atoms with E-state index in [1.807, 2.05) is 6.92 Å². The smallest absolute Gasteiger partial charge is 0.174 e. The van der Waals surface area contributed by atoms with Crippen LogP contribution in [0.2, 0.25) is 0 Å². The molecule has 23 heavy (non-hydrogen) atoms. The molecule has 0 radical (unpaired) electrons. The van der Waals surface area contributed by atoms with Crippen molar-refractivity contribution >= 4 is 22.3 Å². The van der Waals surface area contributed by atoms with E-state index in [2.05, 4.69) is 9.71 Å². The maximum Gasteiger partial charge on any atom is 0.174 e. The zero-order chi connectivity index (χ0) is 16.4. The molecule has 0 bridgehead atoms. The van der Waals surface area contributed by atoms with Gasteiger partial charge in [0.15, 0.2) is 4.90 Å². The summed E-state index contributed by atoms with van der Waals surface area (Å²) in [6.45, 7) is 2.59. The molecule has 0 aliphatic rings. The van der Waals surface area contributed by atoms with Crippen molar-refractivity contribution in [1.82, 2.24) is 9.71 Å². The first-order valence-corrected chi connectivity index (χ1v) is 8.47. The van der Waals surface area contributed by atoms with Gasteiger partial charge < -0.3 is 9.54 Å². The second-order valence-corrected chi connectivity index (χ2v) is 6.49. The summed E-state index contributed by atoms with van der Waals surface area (Å²) in [6.07, 6.45) is 2.49. The van der Waals surface area contributed by atoms with Gasteiger partial charge in [-0.3, -0.25) is 0 Å². The highest BCUT2D eigenvalue weighted by molar-refractivity contribution is 7.89. The van der Waals surface area contributed by atoms with Crippen molar-refractivity contribution in [2.75, 3.05) is 6.54 Å². The minimum atomic E-state index is -1.39. The Hall–Kier alpha value is -1.89. The number of H-pyrrole nitrogens is 1. The molecule has 0 saturated heterocycles. The molecule has 1 aromatic heterocycles. The molecule has 3 nitrogen and oxygen atoms in total. The highest BCUT2D eigenvalue weighted by atomic mass is 32.2. The minimum Gasteiger partial charge on any atom is -0.593 e. The first-order valence-electron chi connectivity index (χ1n) is 7.32. The fourth-order valence-electron chi connectivity index (χ4n) is 2.43. The summed E-state index contributed by atoms with van der Waals surface area (Å²) in [7, 11) is 0. The standard InChI is InChI=1S/C17H16F2N2OS/c1-2-7-21-23(22)12-4-6-16(19)14(9-12)15-10-20-17-8-11(18)3-5-13(15)17/h3-6,8-10,20-21H,2,7H2,1H3. The van der Waals surface area contributed by atoms with Crippen LogP contribution in [0.1, 0.15) is 13.3 Å². The van der Waals surface area contributed by atoms with Crippen LogP contribution >= 0.6 is 0 Å². The third-order valence-electron chi connectivity index (χ3n) is 3.57. The Bertz CT molecular complexity index is 835. The second kappa shape index (κ2) is 6.70. The molecule has 0 aliphatic carbocycles. The summed E-state index contributed by atoms with van der Waals surface area (Å²) in [4.78, 5) is 3.45. The molecule has 0 amide bonds. The number of hydrogen-bond acceptors (Lipinski definition) is 2. The molecule has 1 heterocycles. The molecule has 1 atom stereocenters. The van der Waals surface area contributed by atoms with E-state index in [-0.39, 0.29) is 5.82 Å². The lowest BCUT2D eigenvalue weighted by Gasteiger charge is -2.11. The molecule has 2 N–H and O–H groups in total. The average molecular weight is 334 g/mol. The van der Waals surface area contributed by atoms with Crippen LogP contribution in [0.4, 0.5) is 8.78 Å². The van der Waals surface area contributed by atoms with E-state index in [0.717, 1.165) is 11.8 Å². The Morgan fingerprint density at radius 3 is 2.74 bits per heavy atom. The first kappa shape index (κ1) is 16.0. The summed E-state index contributed by atoms with van der Waals surface area (Å²) >= 11 is -1.39. The van der Waals surface area contributed by atoms with Gasteiger partial charge in [0.05, 0.1) is 11.4 Å². The summed E-state index contributed by atoms with van der Waals surface area (Å²) < 4.78 is 42.6. The van der Waals surface area contributed by atoms with E-state index >= 15 is 0 Å². The largest absolute Gasteiger partial charge is 0.593 e. The average Bonchev–Trinajstić information content (AvgIpc) is 2.95. The molecule has 0 saturated carbocycles. The lowest BCUT2D eigenvalue weighted by molar-refractivity contribution is 0.579. The summed E-state index contributed by atoms with van der Waals surface area (Å²) in [6, 6.07) is 8.68. The van der Waals surface area contributed by atoms with Crippen molar-refractivity contribution in [3.8, 4) is 11.1 Å². The molecule has 0 aliphatic heterocycles. The lowest BCUT2D eigenvalue weighted by Crippen LogP contribution is -2.24. The van der Waals surface area contributed by atoms with Crippen LogP contribution in [0.5, 0.6) is 0 Å². The van der Waals surface area contributed by atoms with Crippen LogP contribution in [0.3, 0.4) is 0 Å². The van der Waals surface area contributed by atoms with Crippen molar-refractivity contribution < 1.29 is 13.3 Å². The van der Waals surface area contributed by atoms with Gasteiger partial charge in [-0.1, -0.05) is 6.92 Å². The van der Waals surface area contributed by atoms with E-state index in [0.29, 0.717) is 28.1 Å². The molecule has 3 aromatic rings. The summed E-state index contributed by atoms with van der Waals surface area (Å²) in [5, 5.41) is 0.717. The second-order valence-electron chi connectivity index (χ2n) is 5.20. The zero-order valence-corrected chi connectivity index (χ0v) is 13.3. The predicted octanol–water partition coefficient (Wildman–Crippen LogP) is 4.14. The Morgan fingerprint density at radius 2 is 1.96 bits per heavy atom. The van der Waals surface area contributed by atoms with Gasteiger partial charge in [-0.05, 0) is 36.8 Å². The SMILES string of the molecule is CCCN[S+]([O-])c1ccc(F)c(-c2c[nH]c3cc(F)ccc23)c1. The maximum absolute atomic E-state index is 14.2. The van der Waals surface area contributed by atoms with Crippen molar-refractivity contribution in [1.29, 1.82) is 0 Å². The van der Waals surface area contributed by atoms with Crippen molar-refractivity contribution in [3.05, 3.63) is 54.2 Å². The van der Waals surface area contributed by atoms with Gasteiger partial charge in [0.1, 0.15) is 11.6 Å². The van der Waals surface area contributed by atoms with Gasteiger partial charge in [0.25, 0.3) is 0 Å². The lowest BCUT2D eigenvalue weighted by atomic mass is 10.0. The van der Waals surface area contributed by atoms with Gasteiger partial charge >= 0.3 is 0 Å². The normalized spacial score (nSPS) is 12.7. The molecule has 1 unspecified atom stereocenters. The molecule has 0 fully saturated rings. The zero-order valence-electron chi connectivity index (χ0n) is 12.5. The molecule has 3 rings (SSSR count). The Kier molecular flexibility index (Phi) is 4.66. The summed E-state index contributed by atoms with van der Waals surface area (Å²) in [5.41, 5.74) is 1.55. The third-order valence-corrected chi connectivity index (χ3v) is 4.72. The number of fused-ring (bicyclic) bond motifs is 1. The van der Waals surface area contributed by atoms with E-state index in [1.165, 1.54) is 24.3 Å². The van der Waals surface area contributed by atoms with Crippen LogP contribution in [-0.4, -0.2) is 16.1 Å². The van der Waals surface area contributed by atoms with Gasteiger partial charge in [0.2, 0.25) is 0 Å². The number of aromatic amines is 1. The van der Waals surface area contributed by atoms with E-state index < -0.39 is 17.2 Å². The number of rotatable bonds is 5. The third kappa shape index (κ3) is 3.24. The molecule has 2 aromatic carbocycles. The van der Waals surface area contributed by atoms with Crippen molar-refractivity contribution in [3.63, 3.8) is 0 Å². The number of hydrogen-bond donors (Lipinski definition) is 2. The molecule has 0 spiro atoms. The summed E-state index contributed by atoms with van der Waals surface area (Å²) in [5.74, 6) is -0.767. The minimum absolute atomic E-state index is 0.340. The fourth-order valence-corrected chi connectivity index (χ4v) is 3.40. The van der Waals surface area contributed by atoms with Crippen LogP contribution in [0.25, 0.3) is 22.0 Å². The Labute approximate surface area is 136 Å². The first-order chi connectivity index (χ1) is 11.1. The fraction of sp³-hybridized carbons (Fsp3) is 0.176. The molecule has 6 heteroatoms. The van der Waals surface area contributed by atoms with Crippen molar-refractivity contribution in [2.45, 2.75) is 18.2 Å². The van der Waals surface area contributed by atoms with E-state index in [9.17, 15) is 13.3 Å². The predicted molar refractivity (Wildman–Crippen MR) is 88.4 cm³/mol. The maximum atomic E-state index is 14.2. The van der Waals surface area contributed by atoms with Crippen LogP contribution in [0, 0.1) is 11.6 Å². The van der Waals surface area contributed by atoms with Gasteiger partial charge in [-0.25, -0.2) is 8.78 Å². The molecular weight excluding hydrogens is 318 g/mol. The molecule has 120 valence electrons. The van der Waals surface area contributed by atoms with Crippen LogP contribution in [0.15, 0.2) is 47.5 Å². The van der Waals surface area contributed by atoms with E-state index in [4.69, 9.17) is 0 Å². The van der Waals surface area contributed by atoms with Gasteiger partial charge in [0, 0.05) is 40.8 Å². The van der Waals surface area contributed by atoms with Crippen LogP contribution in [-0.2, 0) is 11.4 Å². The van der Waals surface area contributed by atoms with Crippen LogP contribution < -0.4 is 4.72 Å². The monoisotopic (exact) mass is 334 g/mol. The van der Waals surface area contributed by atoms with Gasteiger partial charge in [-0.2, -0.15) is 0 Å². The Balaban J connectivity index is 2.04. The van der Waals surface area contributed by atoms with Crippen molar-refractivity contribution in [2.24, 2.45) is 0 Å². The topological polar surface area (TPSA) is 50.9 Å². The van der Waals surface area contributed by atoms with Gasteiger partial charge in [-0.15, -0.1) is 4.72 Å². The number of aromatic nitrogens is 1. The van der Waals surface area contributed by atoms with E-state index in [1.54, 1.807) is 18.3 Å². The quantitative estimate of drug-likeness (QED) is 0.689. The highest BCUT2D eigenvalue weighted by Gasteiger charge is 2.17. The number of halogens is 2. The molecular formula is C17H16F2N2OS. The number of nitrogens with one attached hydrogen (secondary N) is 2. The Morgan fingerprint density at radius 1 is 1.13 bits per heavy atom. The number of benzene rings is 2.